The second-order valence-corrected chi connectivity index (χ2v) is 4.37. The molecule has 0 aliphatic carbocycles. The summed E-state index contributed by atoms with van der Waals surface area (Å²) >= 11 is 7.55. The second kappa shape index (κ2) is 5.01. The zero-order chi connectivity index (χ0) is 11.4. The summed E-state index contributed by atoms with van der Waals surface area (Å²) in [6.45, 7) is 0. The van der Waals surface area contributed by atoms with Crippen LogP contribution in [0.3, 0.4) is 0 Å². The number of rotatable bonds is 3. The van der Waals surface area contributed by atoms with Gasteiger partial charge in [0.15, 0.2) is 5.16 Å². The lowest BCUT2D eigenvalue weighted by atomic mass is 10.2. The molecule has 1 aromatic heterocycles. The van der Waals surface area contributed by atoms with Crippen LogP contribution in [0.4, 0.5) is 0 Å². The largest absolute Gasteiger partial charge is 0.254 e. The van der Waals surface area contributed by atoms with E-state index >= 15 is 0 Å². The van der Waals surface area contributed by atoms with Crippen LogP contribution in [0.25, 0.3) is 0 Å². The second-order valence-electron chi connectivity index (χ2n) is 3.00. The van der Waals surface area contributed by atoms with E-state index in [9.17, 15) is 0 Å². The number of aromatic nitrogens is 3. The number of benzene rings is 1. The molecule has 0 fully saturated rings. The fraction of sp³-hybridized carbons (Fsp3) is 0.100. The molecule has 0 radical (unpaired) electrons. The first kappa shape index (κ1) is 11.0. The van der Waals surface area contributed by atoms with Crippen LogP contribution < -0.4 is 0 Å². The van der Waals surface area contributed by atoms with Gasteiger partial charge in [-0.25, -0.2) is 4.98 Å². The molecule has 0 amide bonds. The van der Waals surface area contributed by atoms with Gasteiger partial charge in [0.2, 0.25) is 0 Å². The molecule has 4 nitrogen and oxygen atoms in total. The Morgan fingerprint density at radius 2 is 2.38 bits per heavy atom. The number of thioether (sulfide) groups is 1. The molecule has 1 N–H and O–H groups in total. The summed E-state index contributed by atoms with van der Waals surface area (Å²) in [5.41, 5.74) is 1.54. The SMILES string of the molecule is N#Cc1ccc(CSc2ncn[nH]2)c(Cl)c1. The zero-order valence-electron chi connectivity index (χ0n) is 8.14. The van der Waals surface area contributed by atoms with Gasteiger partial charge in [-0.15, -0.1) is 0 Å². The summed E-state index contributed by atoms with van der Waals surface area (Å²) in [4.78, 5) is 4.00. The van der Waals surface area contributed by atoms with Crippen molar-refractivity contribution in [2.45, 2.75) is 10.9 Å². The Morgan fingerprint density at radius 3 is 3.00 bits per heavy atom. The van der Waals surface area contributed by atoms with E-state index in [-0.39, 0.29) is 0 Å². The Bertz CT molecular complexity index is 518. The lowest BCUT2D eigenvalue weighted by Crippen LogP contribution is -1.85. The average Bonchev–Trinajstić information content (AvgIpc) is 2.80. The van der Waals surface area contributed by atoms with Crippen LogP contribution in [0, 0.1) is 11.3 Å². The molecule has 0 aliphatic heterocycles. The maximum absolute atomic E-state index is 8.70. The van der Waals surface area contributed by atoms with Crippen molar-refractivity contribution in [1.29, 1.82) is 5.26 Å². The van der Waals surface area contributed by atoms with Crippen molar-refractivity contribution in [2.75, 3.05) is 0 Å². The predicted molar refractivity (Wildman–Crippen MR) is 62.1 cm³/mol. The number of H-pyrrole nitrogens is 1. The standard InChI is InChI=1S/C10H7ClN4S/c11-9-3-7(4-12)1-2-8(9)5-16-10-13-6-14-15-10/h1-3,6H,5H2,(H,13,14,15). The fourth-order valence-electron chi connectivity index (χ4n) is 1.14. The molecule has 2 rings (SSSR count). The van der Waals surface area contributed by atoms with Crippen LogP contribution >= 0.6 is 23.4 Å². The summed E-state index contributed by atoms with van der Waals surface area (Å²) in [6.07, 6.45) is 1.46. The topological polar surface area (TPSA) is 65.4 Å². The summed E-state index contributed by atoms with van der Waals surface area (Å²) in [6, 6.07) is 7.31. The highest BCUT2D eigenvalue weighted by atomic mass is 35.5. The first-order chi connectivity index (χ1) is 7.79. The molecule has 0 saturated heterocycles. The quantitative estimate of drug-likeness (QED) is 0.851. The highest BCUT2D eigenvalue weighted by molar-refractivity contribution is 7.98. The van der Waals surface area contributed by atoms with E-state index in [2.05, 4.69) is 15.2 Å². The molecule has 80 valence electrons. The number of hydrogen-bond acceptors (Lipinski definition) is 4. The van der Waals surface area contributed by atoms with Crippen molar-refractivity contribution in [2.24, 2.45) is 0 Å². The summed E-state index contributed by atoms with van der Waals surface area (Å²) < 4.78 is 0. The van der Waals surface area contributed by atoms with Crippen LogP contribution in [-0.2, 0) is 5.75 Å². The van der Waals surface area contributed by atoms with E-state index in [1.807, 2.05) is 12.1 Å². The third-order valence-corrected chi connectivity index (χ3v) is 3.22. The molecular weight excluding hydrogens is 244 g/mol. The van der Waals surface area contributed by atoms with E-state index in [0.717, 1.165) is 10.7 Å². The Labute approximate surface area is 102 Å². The predicted octanol–water partition coefficient (Wildman–Crippen LogP) is 2.62. The molecule has 16 heavy (non-hydrogen) atoms. The monoisotopic (exact) mass is 250 g/mol. The lowest BCUT2D eigenvalue weighted by Gasteiger charge is -2.02. The molecule has 0 saturated carbocycles. The fourth-order valence-corrected chi connectivity index (χ4v) is 2.25. The van der Waals surface area contributed by atoms with Gasteiger partial charge in [0.1, 0.15) is 6.33 Å². The minimum Gasteiger partial charge on any atom is -0.254 e. The molecule has 0 aliphatic rings. The van der Waals surface area contributed by atoms with Gasteiger partial charge >= 0.3 is 0 Å². The Balaban J connectivity index is 2.08. The first-order valence-electron chi connectivity index (χ1n) is 4.46. The zero-order valence-corrected chi connectivity index (χ0v) is 9.72. The van der Waals surface area contributed by atoms with Crippen molar-refractivity contribution >= 4 is 23.4 Å². The molecule has 0 spiro atoms. The van der Waals surface area contributed by atoms with Crippen molar-refractivity contribution < 1.29 is 0 Å². The normalized spacial score (nSPS) is 10.0. The number of halogens is 1. The van der Waals surface area contributed by atoms with Crippen molar-refractivity contribution in [3.63, 3.8) is 0 Å². The third-order valence-electron chi connectivity index (χ3n) is 1.94. The molecule has 0 unspecified atom stereocenters. The lowest BCUT2D eigenvalue weighted by molar-refractivity contribution is 0.973. The van der Waals surface area contributed by atoms with Crippen LogP contribution in [0.1, 0.15) is 11.1 Å². The number of nitrogens with one attached hydrogen (secondary N) is 1. The highest BCUT2D eigenvalue weighted by Gasteiger charge is 2.04. The highest BCUT2D eigenvalue weighted by Crippen LogP contribution is 2.24. The van der Waals surface area contributed by atoms with Crippen LogP contribution in [-0.4, -0.2) is 15.2 Å². The molecular formula is C10H7ClN4S. The smallest absolute Gasteiger partial charge is 0.183 e. The Morgan fingerprint density at radius 1 is 1.50 bits per heavy atom. The van der Waals surface area contributed by atoms with Crippen LogP contribution in [0.15, 0.2) is 29.7 Å². The summed E-state index contributed by atoms with van der Waals surface area (Å²) in [7, 11) is 0. The van der Waals surface area contributed by atoms with E-state index in [0.29, 0.717) is 16.3 Å². The van der Waals surface area contributed by atoms with Crippen molar-refractivity contribution in [3.8, 4) is 6.07 Å². The first-order valence-corrected chi connectivity index (χ1v) is 5.82. The minimum atomic E-state index is 0.568. The van der Waals surface area contributed by atoms with E-state index in [1.54, 1.807) is 12.1 Å². The van der Waals surface area contributed by atoms with E-state index < -0.39 is 0 Å². The maximum atomic E-state index is 8.70. The van der Waals surface area contributed by atoms with E-state index in [4.69, 9.17) is 16.9 Å². The van der Waals surface area contributed by atoms with Gasteiger partial charge in [0, 0.05) is 10.8 Å². The van der Waals surface area contributed by atoms with Crippen molar-refractivity contribution in [3.05, 3.63) is 40.7 Å². The van der Waals surface area contributed by atoms with Gasteiger partial charge in [-0.05, 0) is 17.7 Å². The molecule has 0 atom stereocenters. The summed E-state index contributed by atoms with van der Waals surface area (Å²) in [5, 5.41) is 16.6. The van der Waals surface area contributed by atoms with Gasteiger partial charge in [-0.2, -0.15) is 10.4 Å². The molecule has 1 aromatic carbocycles. The van der Waals surface area contributed by atoms with Gasteiger partial charge in [-0.3, -0.25) is 5.10 Å². The molecule has 2 aromatic rings. The molecule has 6 heteroatoms. The average molecular weight is 251 g/mol. The van der Waals surface area contributed by atoms with Crippen LogP contribution in [0.2, 0.25) is 5.02 Å². The molecule has 0 bridgehead atoms. The summed E-state index contributed by atoms with van der Waals surface area (Å²) in [5.74, 6) is 0.694. The van der Waals surface area contributed by atoms with Crippen LogP contribution in [0.5, 0.6) is 0 Å². The van der Waals surface area contributed by atoms with Crippen molar-refractivity contribution in [1.82, 2.24) is 15.2 Å². The van der Waals surface area contributed by atoms with Gasteiger partial charge in [0.05, 0.1) is 11.6 Å². The Kier molecular flexibility index (Phi) is 3.44. The maximum Gasteiger partial charge on any atom is 0.183 e. The van der Waals surface area contributed by atoms with E-state index in [1.165, 1.54) is 18.1 Å². The van der Waals surface area contributed by atoms with Gasteiger partial charge in [0.25, 0.3) is 0 Å². The minimum absolute atomic E-state index is 0.568. The van der Waals surface area contributed by atoms with Gasteiger partial charge in [-0.1, -0.05) is 29.4 Å². The number of hydrogen-bond donors (Lipinski definition) is 1. The molecule has 1 heterocycles. The third kappa shape index (κ3) is 2.54. The number of nitriles is 1. The Hall–Kier alpha value is -1.51. The number of nitrogens with zero attached hydrogens (tertiary/aromatic N) is 3. The van der Waals surface area contributed by atoms with Gasteiger partial charge < -0.3 is 0 Å². The number of aromatic amines is 1.